The Hall–Kier alpha value is -3.57. The van der Waals surface area contributed by atoms with Crippen molar-refractivity contribution >= 4 is 27.6 Å². The summed E-state index contributed by atoms with van der Waals surface area (Å²) < 4.78 is 0. The molecule has 6 rings (SSSR count). The highest BCUT2D eigenvalue weighted by molar-refractivity contribution is 5.98. The van der Waals surface area contributed by atoms with Gasteiger partial charge in [0.05, 0.1) is 0 Å². The quantitative estimate of drug-likeness (QED) is 0.436. The summed E-state index contributed by atoms with van der Waals surface area (Å²) in [6.07, 6.45) is 6.00. The minimum atomic E-state index is 0.918. The summed E-state index contributed by atoms with van der Waals surface area (Å²) in [4.78, 5) is 16.1. The first kappa shape index (κ1) is 18.2. The van der Waals surface area contributed by atoms with E-state index in [4.69, 9.17) is 4.98 Å². The Balaban J connectivity index is 1.34. The van der Waals surface area contributed by atoms with Crippen LogP contribution in [0.1, 0.15) is 0 Å². The zero-order valence-electron chi connectivity index (χ0n) is 17.6. The second kappa shape index (κ2) is 7.29. The molecule has 0 saturated carbocycles. The highest BCUT2D eigenvalue weighted by Crippen LogP contribution is 2.33. The number of hydrogen-bond donors (Lipinski definition) is 2. The van der Waals surface area contributed by atoms with E-state index >= 15 is 0 Å². The van der Waals surface area contributed by atoms with E-state index in [1.54, 1.807) is 0 Å². The molecule has 0 spiro atoms. The van der Waals surface area contributed by atoms with Gasteiger partial charge in [0.2, 0.25) is 0 Å². The van der Waals surface area contributed by atoms with Gasteiger partial charge in [0, 0.05) is 72.5 Å². The Morgan fingerprint density at radius 3 is 2.45 bits per heavy atom. The zero-order valence-corrected chi connectivity index (χ0v) is 17.6. The van der Waals surface area contributed by atoms with Crippen molar-refractivity contribution in [1.29, 1.82) is 0 Å². The fourth-order valence-corrected chi connectivity index (χ4v) is 4.55. The first-order valence-corrected chi connectivity index (χ1v) is 10.8. The molecule has 3 aromatic heterocycles. The van der Waals surface area contributed by atoms with Crippen LogP contribution in [0.25, 0.3) is 44.2 Å². The summed E-state index contributed by atoms with van der Waals surface area (Å²) in [6.45, 7) is 4.41. The van der Waals surface area contributed by atoms with Crippen molar-refractivity contribution < 1.29 is 0 Å². The van der Waals surface area contributed by atoms with Crippen LogP contribution >= 0.6 is 0 Å². The monoisotopic (exact) mass is 407 g/mol. The van der Waals surface area contributed by atoms with Gasteiger partial charge in [0.1, 0.15) is 5.65 Å². The third kappa shape index (κ3) is 3.27. The van der Waals surface area contributed by atoms with Crippen LogP contribution in [0.3, 0.4) is 0 Å². The number of fused-ring (bicyclic) bond motifs is 2. The van der Waals surface area contributed by atoms with Gasteiger partial charge < -0.3 is 19.8 Å². The van der Waals surface area contributed by atoms with Crippen molar-refractivity contribution in [3.63, 3.8) is 0 Å². The molecule has 5 aromatic rings. The highest BCUT2D eigenvalue weighted by Gasteiger charge is 2.15. The largest absolute Gasteiger partial charge is 0.369 e. The minimum absolute atomic E-state index is 0.918. The van der Waals surface area contributed by atoms with Gasteiger partial charge in [0.15, 0.2) is 0 Å². The lowest BCUT2D eigenvalue weighted by molar-refractivity contribution is 0.313. The van der Waals surface area contributed by atoms with Crippen molar-refractivity contribution in [3.05, 3.63) is 73.2 Å². The summed E-state index contributed by atoms with van der Waals surface area (Å²) in [5.74, 6) is 0. The van der Waals surface area contributed by atoms with Crippen LogP contribution < -0.4 is 4.90 Å². The first-order chi connectivity index (χ1) is 15.2. The Bertz CT molecular complexity index is 1350. The Morgan fingerprint density at radius 2 is 1.61 bits per heavy atom. The molecule has 5 heteroatoms. The first-order valence-electron chi connectivity index (χ1n) is 10.8. The molecular weight excluding hydrogens is 382 g/mol. The number of nitrogens with one attached hydrogen (secondary N) is 2. The van der Waals surface area contributed by atoms with Gasteiger partial charge in [-0.3, -0.25) is 0 Å². The third-order valence-corrected chi connectivity index (χ3v) is 6.46. The molecular formula is C26H25N5. The van der Waals surface area contributed by atoms with Crippen LogP contribution in [-0.4, -0.2) is 53.1 Å². The molecule has 31 heavy (non-hydrogen) atoms. The van der Waals surface area contributed by atoms with Crippen LogP contribution in [-0.2, 0) is 0 Å². The lowest BCUT2D eigenvalue weighted by Gasteiger charge is -2.34. The van der Waals surface area contributed by atoms with E-state index in [9.17, 15) is 0 Å². The molecule has 1 saturated heterocycles. The normalized spacial score (nSPS) is 15.2. The Labute approximate surface area is 181 Å². The Kier molecular flexibility index (Phi) is 4.28. The van der Waals surface area contributed by atoms with E-state index in [1.807, 2.05) is 12.4 Å². The van der Waals surface area contributed by atoms with Crippen LogP contribution in [0.15, 0.2) is 73.2 Å². The predicted octanol–water partition coefficient (Wildman–Crippen LogP) is 5.13. The Morgan fingerprint density at radius 1 is 0.806 bits per heavy atom. The summed E-state index contributed by atoms with van der Waals surface area (Å²) in [5, 5.41) is 2.37. The van der Waals surface area contributed by atoms with Crippen LogP contribution in [0.4, 0.5) is 5.69 Å². The molecule has 2 aromatic carbocycles. The van der Waals surface area contributed by atoms with Gasteiger partial charge >= 0.3 is 0 Å². The molecule has 1 fully saturated rings. The molecule has 0 bridgehead atoms. The molecule has 5 nitrogen and oxygen atoms in total. The van der Waals surface area contributed by atoms with Gasteiger partial charge in [0.25, 0.3) is 0 Å². The molecule has 1 aliphatic heterocycles. The molecule has 4 heterocycles. The summed E-state index contributed by atoms with van der Waals surface area (Å²) in [7, 11) is 2.19. The topological polar surface area (TPSA) is 50.9 Å². The van der Waals surface area contributed by atoms with E-state index in [0.29, 0.717) is 0 Å². The number of aromatic amines is 2. The van der Waals surface area contributed by atoms with Crippen molar-refractivity contribution in [1.82, 2.24) is 19.9 Å². The number of benzene rings is 2. The minimum Gasteiger partial charge on any atom is -0.369 e. The zero-order chi connectivity index (χ0) is 20.8. The number of anilines is 1. The number of rotatable bonds is 3. The molecule has 0 aliphatic carbocycles. The third-order valence-electron chi connectivity index (χ3n) is 6.46. The summed E-state index contributed by atoms with van der Waals surface area (Å²) >= 11 is 0. The number of H-pyrrole nitrogens is 2. The lowest BCUT2D eigenvalue weighted by atomic mass is 10.0. The second-order valence-electron chi connectivity index (χ2n) is 8.44. The SMILES string of the molecule is CN1CCN(c2ccc(-c3cnc4[nH]cc(-c5ccc6[nH]ccc6c5)c4c3)cc2)CC1. The van der Waals surface area contributed by atoms with Crippen LogP contribution in [0.2, 0.25) is 0 Å². The maximum absolute atomic E-state index is 4.70. The molecule has 2 N–H and O–H groups in total. The van der Waals surface area contributed by atoms with Crippen molar-refractivity contribution in [2.75, 3.05) is 38.1 Å². The second-order valence-corrected chi connectivity index (χ2v) is 8.44. The maximum Gasteiger partial charge on any atom is 0.137 e. The van der Waals surface area contributed by atoms with E-state index in [1.165, 1.54) is 27.8 Å². The van der Waals surface area contributed by atoms with Crippen molar-refractivity contribution in [2.45, 2.75) is 0 Å². The smallest absolute Gasteiger partial charge is 0.137 e. The summed E-state index contributed by atoms with van der Waals surface area (Å²) in [6, 6.07) is 19.8. The number of pyridine rings is 1. The molecule has 0 atom stereocenters. The highest BCUT2D eigenvalue weighted by atomic mass is 15.2. The van der Waals surface area contributed by atoms with Gasteiger partial charge in [-0.15, -0.1) is 0 Å². The fraction of sp³-hybridized carbons (Fsp3) is 0.192. The predicted molar refractivity (Wildman–Crippen MR) is 129 cm³/mol. The number of likely N-dealkylation sites (N-methyl/N-ethyl adjacent to an activating group) is 1. The molecule has 154 valence electrons. The maximum atomic E-state index is 4.70. The van der Waals surface area contributed by atoms with Crippen molar-refractivity contribution in [3.8, 4) is 22.3 Å². The lowest BCUT2D eigenvalue weighted by Crippen LogP contribution is -2.44. The molecule has 0 unspecified atom stereocenters. The summed E-state index contributed by atoms with van der Waals surface area (Å²) in [5.41, 5.74) is 8.09. The molecule has 0 amide bonds. The number of hydrogen-bond acceptors (Lipinski definition) is 3. The van der Waals surface area contributed by atoms with Gasteiger partial charge in [-0.05, 0) is 60.0 Å². The average Bonchev–Trinajstić information content (AvgIpc) is 3.45. The molecule has 1 aliphatic rings. The van der Waals surface area contributed by atoms with E-state index < -0.39 is 0 Å². The van der Waals surface area contributed by atoms with Crippen LogP contribution in [0.5, 0.6) is 0 Å². The van der Waals surface area contributed by atoms with Crippen molar-refractivity contribution in [2.24, 2.45) is 0 Å². The number of piperazine rings is 1. The van der Waals surface area contributed by atoms with E-state index in [0.717, 1.165) is 48.3 Å². The standard InChI is InChI=1S/C26H25N5/c1-30-10-12-31(13-11-30)22-5-2-18(3-6-22)21-15-23-24(17-29-26(23)28-16-21)19-4-7-25-20(14-19)8-9-27-25/h2-9,14-17,27H,10-13H2,1H3,(H,28,29). The average molecular weight is 408 g/mol. The molecule has 0 radical (unpaired) electrons. The van der Waals surface area contributed by atoms with Gasteiger partial charge in [-0.2, -0.15) is 0 Å². The number of aromatic nitrogens is 3. The fourth-order valence-electron chi connectivity index (χ4n) is 4.55. The number of nitrogens with zero attached hydrogens (tertiary/aromatic N) is 3. The van der Waals surface area contributed by atoms with Gasteiger partial charge in [-0.1, -0.05) is 18.2 Å². The van der Waals surface area contributed by atoms with E-state index in [2.05, 4.69) is 87.6 Å². The van der Waals surface area contributed by atoms with E-state index in [-0.39, 0.29) is 0 Å². The van der Waals surface area contributed by atoms with Crippen LogP contribution in [0, 0.1) is 0 Å². The van der Waals surface area contributed by atoms with Gasteiger partial charge in [-0.25, -0.2) is 4.98 Å².